The van der Waals surface area contributed by atoms with Gasteiger partial charge in [0.25, 0.3) is 0 Å². The van der Waals surface area contributed by atoms with Crippen molar-refractivity contribution in [2.75, 3.05) is 0 Å². The minimum atomic E-state index is 0.638. The van der Waals surface area contributed by atoms with E-state index in [9.17, 15) is 0 Å². The van der Waals surface area contributed by atoms with Crippen LogP contribution < -0.4 is 5.73 Å². The molecule has 0 aliphatic heterocycles. The number of furan rings is 1. The Morgan fingerprint density at radius 1 is 1.38 bits per heavy atom. The lowest BCUT2D eigenvalue weighted by Crippen LogP contribution is -2.65. The zero-order valence-electron chi connectivity index (χ0n) is 8.04. The molecule has 1 aromatic heterocycles. The molecule has 13 heavy (non-hydrogen) atoms. The van der Waals surface area contributed by atoms with Gasteiger partial charge in [-0.1, -0.05) is 6.42 Å². The fourth-order valence-electron chi connectivity index (χ4n) is 2.24. The van der Waals surface area contributed by atoms with E-state index < -0.39 is 0 Å². The third kappa shape index (κ3) is 2.13. The summed E-state index contributed by atoms with van der Waals surface area (Å²) in [5.74, 6) is 1.88. The van der Waals surface area contributed by atoms with Crippen LogP contribution in [0.5, 0.6) is 0 Å². The smallest absolute Gasteiger partial charge is 0.104 e. The third-order valence-electron chi connectivity index (χ3n) is 3.11. The van der Waals surface area contributed by atoms with E-state index in [0.29, 0.717) is 6.04 Å². The average Bonchev–Trinajstić information content (AvgIpc) is 2.61. The van der Waals surface area contributed by atoms with Crippen LogP contribution in [-0.4, -0.2) is 6.04 Å². The molecule has 2 nitrogen and oxygen atoms in total. The van der Waals surface area contributed by atoms with Gasteiger partial charge >= 0.3 is 0 Å². The molecule has 0 unspecified atom stereocenters. The molecule has 1 fully saturated rings. The molecule has 0 bridgehead atoms. The lowest BCUT2D eigenvalue weighted by atomic mass is 9.82. The average molecular weight is 180 g/mol. The lowest BCUT2D eigenvalue weighted by Gasteiger charge is -2.24. The largest absolute Gasteiger partial charge is 0.469 e. The summed E-state index contributed by atoms with van der Waals surface area (Å²) in [7, 11) is 0. The highest BCUT2D eigenvalue weighted by molar-refractivity contribution is 5.00. The monoisotopic (exact) mass is 180 g/mol. The minimum Gasteiger partial charge on any atom is -0.469 e. The Labute approximate surface area is 79.1 Å². The van der Waals surface area contributed by atoms with Gasteiger partial charge < -0.3 is 10.2 Å². The third-order valence-corrected chi connectivity index (χ3v) is 3.11. The maximum atomic E-state index is 5.36. The van der Waals surface area contributed by atoms with Gasteiger partial charge in [0, 0.05) is 12.3 Å². The van der Waals surface area contributed by atoms with Crippen molar-refractivity contribution < 1.29 is 10.2 Å². The van der Waals surface area contributed by atoms with Crippen molar-refractivity contribution in [3.8, 4) is 0 Å². The number of quaternary nitrogens is 1. The number of rotatable bonds is 2. The van der Waals surface area contributed by atoms with Crippen molar-refractivity contribution in [2.45, 2.75) is 38.1 Å². The molecule has 1 saturated carbocycles. The SMILES string of the molecule is [NH3+][C@@H]1CCCC[C@@H]1Cc1ccco1. The summed E-state index contributed by atoms with van der Waals surface area (Å²) < 4.78 is 5.36. The summed E-state index contributed by atoms with van der Waals surface area (Å²) >= 11 is 0. The predicted octanol–water partition coefficient (Wildman–Crippen LogP) is 1.62. The summed E-state index contributed by atoms with van der Waals surface area (Å²) in [6.45, 7) is 0. The van der Waals surface area contributed by atoms with E-state index in [4.69, 9.17) is 4.42 Å². The van der Waals surface area contributed by atoms with Gasteiger partial charge in [-0.2, -0.15) is 0 Å². The first kappa shape index (κ1) is 8.82. The molecule has 0 saturated heterocycles. The molecule has 1 aliphatic carbocycles. The van der Waals surface area contributed by atoms with E-state index in [1.54, 1.807) is 6.26 Å². The molecule has 0 spiro atoms. The van der Waals surface area contributed by atoms with Crippen molar-refractivity contribution in [2.24, 2.45) is 5.92 Å². The molecule has 2 atom stereocenters. The maximum absolute atomic E-state index is 5.36. The lowest BCUT2D eigenvalue weighted by molar-refractivity contribution is -0.438. The van der Waals surface area contributed by atoms with E-state index in [1.807, 2.05) is 6.07 Å². The molecule has 72 valence electrons. The molecular weight excluding hydrogens is 162 g/mol. The Balaban J connectivity index is 1.93. The van der Waals surface area contributed by atoms with Crippen molar-refractivity contribution in [1.29, 1.82) is 0 Å². The summed E-state index contributed by atoms with van der Waals surface area (Å²) in [6, 6.07) is 4.68. The van der Waals surface area contributed by atoms with Crippen LogP contribution in [0.3, 0.4) is 0 Å². The topological polar surface area (TPSA) is 40.8 Å². The second kappa shape index (κ2) is 3.97. The molecule has 3 N–H and O–H groups in total. The Kier molecular flexibility index (Phi) is 2.69. The Bertz CT molecular complexity index is 243. The highest BCUT2D eigenvalue weighted by atomic mass is 16.3. The van der Waals surface area contributed by atoms with Gasteiger partial charge in [0.1, 0.15) is 5.76 Å². The Morgan fingerprint density at radius 3 is 2.92 bits per heavy atom. The number of hydrogen-bond acceptors (Lipinski definition) is 1. The summed E-state index contributed by atoms with van der Waals surface area (Å²) in [6.07, 6.45) is 8.21. The van der Waals surface area contributed by atoms with Crippen LogP contribution in [0.2, 0.25) is 0 Å². The Hall–Kier alpha value is -0.760. The first-order valence-corrected chi connectivity index (χ1v) is 5.22. The van der Waals surface area contributed by atoms with Gasteiger partial charge in [0.05, 0.1) is 12.3 Å². The fraction of sp³-hybridized carbons (Fsp3) is 0.636. The van der Waals surface area contributed by atoms with Gasteiger partial charge in [-0.3, -0.25) is 0 Å². The van der Waals surface area contributed by atoms with Crippen molar-refractivity contribution in [3.05, 3.63) is 24.2 Å². The van der Waals surface area contributed by atoms with Crippen molar-refractivity contribution >= 4 is 0 Å². The molecule has 1 aromatic rings. The quantitative estimate of drug-likeness (QED) is 0.738. The second-order valence-electron chi connectivity index (χ2n) is 4.09. The number of hydrogen-bond donors (Lipinski definition) is 1. The fourth-order valence-corrected chi connectivity index (χ4v) is 2.24. The zero-order chi connectivity index (χ0) is 9.10. The van der Waals surface area contributed by atoms with Gasteiger partial charge in [-0.05, 0) is 31.4 Å². The summed E-state index contributed by atoms with van der Waals surface area (Å²) in [4.78, 5) is 0. The van der Waals surface area contributed by atoms with Crippen LogP contribution in [0, 0.1) is 5.92 Å². The van der Waals surface area contributed by atoms with Crippen molar-refractivity contribution in [3.63, 3.8) is 0 Å². The maximum Gasteiger partial charge on any atom is 0.104 e. The van der Waals surface area contributed by atoms with E-state index in [1.165, 1.54) is 25.7 Å². The highest BCUT2D eigenvalue weighted by Gasteiger charge is 2.25. The van der Waals surface area contributed by atoms with Crippen LogP contribution in [-0.2, 0) is 6.42 Å². The molecular formula is C11H18NO+. The Morgan fingerprint density at radius 2 is 2.23 bits per heavy atom. The summed E-state index contributed by atoms with van der Waals surface area (Å²) in [5.41, 5.74) is 4.22. The molecule has 0 aromatic carbocycles. The van der Waals surface area contributed by atoms with Gasteiger partial charge in [-0.25, -0.2) is 0 Å². The predicted molar refractivity (Wildman–Crippen MR) is 51.0 cm³/mol. The molecule has 1 heterocycles. The van der Waals surface area contributed by atoms with Crippen LogP contribution >= 0.6 is 0 Å². The van der Waals surface area contributed by atoms with E-state index in [-0.39, 0.29) is 0 Å². The standard InChI is InChI=1S/C11H17NO/c12-11-6-2-1-4-9(11)8-10-5-3-7-13-10/h3,5,7,9,11H,1-2,4,6,8,12H2/p+1/t9-,11-/m1/s1. The van der Waals surface area contributed by atoms with E-state index >= 15 is 0 Å². The zero-order valence-corrected chi connectivity index (χ0v) is 8.04. The molecule has 0 radical (unpaired) electrons. The van der Waals surface area contributed by atoms with E-state index in [2.05, 4.69) is 11.8 Å². The van der Waals surface area contributed by atoms with Gasteiger partial charge in [0.15, 0.2) is 0 Å². The molecule has 0 amide bonds. The normalized spacial score (nSPS) is 29.0. The summed E-state index contributed by atoms with van der Waals surface area (Å²) in [5, 5.41) is 0. The molecule has 2 heteroatoms. The van der Waals surface area contributed by atoms with Crippen molar-refractivity contribution in [1.82, 2.24) is 0 Å². The van der Waals surface area contributed by atoms with Gasteiger partial charge in [0.2, 0.25) is 0 Å². The van der Waals surface area contributed by atoms with Crippen LogP contribution in [0.15, 0.2) is 22.8 Å². The minimum absolute atomic E-state index is 0.638. The van der Waals surface area contributed by atoms with Gasteiger partial charge in [-0.15, -0.1) is 0 Å². The second-order valence-corrected chi connectivity index (χ2v) is 4.09. The highest BCUT2D eigenvalue weighted by Crippen LogP contribution is 2.25. The van der Waals surface area contributed by atoms with Crippen LogP contribution in [0.4, 0.5) is 0 Å². The van der Waals surface area contributed by atoms with E-state index in [0.717, 1.165) is 18.1 Å². The molecule has 1 aliphatic rings. The van der Waals surface area contributed by atoms with Crippen LogP contribution in [0.1, 0.15) is 31.4 Å². The first-order chi connectivity index (χ1) is 6.36. The first-order valence-electron chi connectivity index (χ1n) is 5.22. The van der Waals surface area contributed by atoms with Crippen LogP contribution in [0.25, 0.3) is 0 Å². The molecule has 2 rings (SSSR count).